The summed E-state index contributed by atoms with van der Waals surface area (Å²) in [5.74, 6) is 0.112. The van der Waals surface area contributed by atoms with Crippen LogP contribution in [0.1, 0.15) is 38.8 Å². The van der Waals surface area contributed by atoms with E-state index in [0.29, 0.717) is 33.2 Å². The van der Waals surface area contributed by atoms with Crippen molar-refractivity contribution in [2.24, 2.45) is 0 Å². The maximum atomic E-state index is 12.4. The summed E-state index contributed by atoms with van der Waals surface area (Å²) in [6.45, 7) is 0. The Morgan fingerprint density at radius 2 is 1.83 bits per heavy atom. The van der Waals surface area contributed by atoms with Gasteiger partial charge in [0.2, 0.25) is 0 Å². The van der Waals surface area contributed by atoms with Gasteiger partial charge in [0.1, 0.15) is 11.7 Å². The summed E-state index contributed by atoms with van der Waals surface area (Å²) < 4.78 is 15.8. The number of cyclic esters (lactones) is 1. The van der Waals surface area contributed by atoms with Gasteiger partial charge in [0.25, 0.3) is 0 Å². The first kappa shape index (κ1) is 16.3. The van der Waals surface area contributed by atoms with Crippen molar-refractivity contribution < 1.29 is 23.8 Å². The molecule has 1 unspecified atom stereocenters. The first-order chi connectivity index (χ1) is 11.5. The number of carbonyl (C=O) groups excluding carboxylic acids is 2. The van der Waals surface area contributed by atoms with Crippen LogP contribution in [-0.2, 0) is 4.74 Å². The van der Waals surface area contributed by atoms with Gasteiger partial charge in [0, 0.05) is 16.1 Å². The average Bonchev–Trinajstić information content (AvgIpc) is 2.90. The number of esters is 1. The quantitative estimate of drug-likeness (QED) is 0.608. The molecule has 0 N–H and O–H groups in total. The molecule has 1 aliphatic heterocycles. The van der Waals surface area contributed by atoms with Gasteiger partial charge in [-0.05, 0) is 30.3 Å². The second-order valence-electron chi connectivity index (χ2n) is 5.29. The lowest BCUT2D eigenvalue weighted by molar-refractivity contribution is 0.0365. The van der Waals surface area contributed by atoms with Gasteiger partial charge >= 0.3 is 5.97 Å². The highest BCUT2D eigenvalue weighted by atomic mass is 35.5. The molecule has 0 bridgehead atoms. The standard InChI is InChI=1S/C18H15ClO5/c1-22-14-8-7-12-15(24-18(21)16(12)17(14)23-2)9-13(20)10-3-5-11(19)6-4-10/h3-8,15H,9H2,1-2H3. The Kier molecular flexibility index (Phi) is 4.44. The summed E-state index contributed by atoms with van der Waals surface area (Å²) >= 11 is 5.83. The number of benzene rings is 2. The fourth-order valence-corrected chi connectivity index (χ4v) is 2.87. The molecule has 2 aromatic rings. The minimum Gasteiger partial charge on any atom is -0.493 e. The second kappa shape index (κ2) is 6.53. The highest BCUT2D eigenvalue weighted by Crippen LogP contribution is 2.43. The van der Waals surface area contributed by atoms with Crippen LogP contribution in [0.4, 0.5) is 0 Å². The lowest BCUT2D eigenvalue weighted by atomic mass is 9.97. The predicted molar refractivity (Wildman–Crippen MR) is 88.1 cm³/mol. The number of halogens is 1. The first-order valence-electron chi connectivity index (χ1n) is 7.29. The summed E-state index contributed by atoms with van der Waals surface area (Å²) in [5, 5.41) is 0.557. The highest BCUT2D eigenvalue weighted by molar-refractivity contribution is 6.30. The molecule has 1 heterocycles. The molecule has 0 fully saturated rings. The third-order valence-electron chi connectivity index (χ3n) is 3.92. The monoisotopic (exact) mass is 346 g/mol. The largest absolute Gasteiger partial charge is 0.493 e. The van der Waals surface area contributed by atoms with Gasteiger partial charge in [-0.15, -0.1) is 0 Å². The fourth-order valence-electron chi connectivity index (χ4n) is 2.75. The van der Waals surface area contributed by atoms with Crippen molar-refractivity contribution >= 4 is 23.4 Å². The first-order valence-corrected chi connectivity index (χ1v) is 7.67. The smallest absolute Gasteiger partial charge is 0.343 e. The Labute approximate surface area is 144 Å². The summed E-state index contributed by atoms with van der Waals surface area (Å²) in [4.78, 5) is 24.6. The van der Waals surface area contributed by atoms with E-state index in [0.717, 1.165) is 0 Å². The Morgan fingerprint density at radius 3 is 2.46 bits per heavy atom. The zero-order valence-corrected chi connectivity index (χ0v) is 13.9. The van der Waals surface area contributed by atoms with Gasteiger partial charge in [0.15, 0.2) is 17.3 Å². The van der Waals surface area contributed by atoms with Crippen LogP contribution in [0.3, 0.4) is 0 Å². The van der Waals surface area contributed by atoms with Crippen molar-refractivity contribution in [3.8, 4) is 11.5 Å². The van der Waals surface area contributed by atoms with E-state index in [9.17, 15) is 9.59 Å². The maximum absolute atomic E-state index is 12.4. The number of Topliss-reactive ketones (excluding diaryl/α,β-unsaturated/α-hetero) is 1. The van der Waals surface area contributed by atoms with Gasteiger partial charge < -0.3 is 14.2 Å². The maximum Gasteiger partial charge on any atom is 0.343 e. The Bertz CT molecular complexity index is 798. The molecule has 1 atom stereocenters. The summed E-state index contributed by atoms with van der Waals surface area (Å²) in [6, 6.07) is 10.0. The van der Waals surface area contributed by atoms with Gasteiger partial charge in [-0.2, -0.15) is 0 Å². The van der Waals surface area contributed by atoms with Crippen molar-refractivity contribution in [1.29, 1.82) is 0 Å². The van der Waals surface area contributed by atoms with Crippen LogP contribution < -0.4 is 9.47 Å². The van der Waals surface area contributed by atoms with E-state index in [1.807, 2.05) is 0 Å². The minimum absolute atomic E-state index is 0.0514. The van der Waals surface area contributed by atoms with Crippen molar-refractivity contribution in [2.75, 3.05) is 14.2 Å². The molecule has 0 saturated heterocycles. The molecule has 0 saturated carbocycles. The zero-order chi connectivity index (χ0) is 17.3. The van der Waals surface area contributed by atoms with E-state index in [1.165, 1.54) is 14.2 Å². The molecule has 0 aromatic heterocycles. The van der Waals surface area contributed by atoms with Crippen LogP contribution in [0.25, 0.3) is 0 Å². The Morgan fingerprint density at radius 1 is 1.12 bits per heavy atom. The van der Waals surface area contributed by atoms with Crippen LogP contribution in [-0.4, -0.2) is 26.0 Å². The van der Waals surface area contributed by atoms with Gasteiger partial charge in [-0.1, -0.05) is 17.7 Å². The Balaban J connectivity index is 1.89. The molecule has 3 rings (SSSR count). The number of hydrogen-bond donors (Lipinski definition) is 0. The number of ether oxygens (including phenoxy) is 3. The molecular weight excluding hydrogens is 332 g/mol. The van der Waals surface area contributed by atoms with Gasteiger partial charge in [-0.3, -0.25) is 4.79 Å². The average molecular weight is 347 g/mol. The minimum atomic E-state index is -0.643. The van der Waals surface area contributed by atoms with E-state index in [4.69, 9.17) is 25.8 Å². The SMILES string of the molecule is COc1ccc2c(c1OC)C(=O)OC2CC(=O)c1ccc(Cl)cc1. The number of hydrogen-bond acceptors (Lipinski definition) is 5. The normalized spacial score (nSPS) is 15.6. The van der Waals surface area contributed by atoms with E-state index in [2.05, 4.69) is 0 Å². The van der Waals surface area contributed by atoms with Crippen molar-refractivity contribution in [2.45, 2.75) is 12.5 Å². The molecule has 2 aromatic carbocycles. The summed E-state index contributed by atoms with van der Waals surface area (Å²) in [7, 11) is 2.95. The summed E-state index contributed by atoms with van der Waals surface area (Å²) in [6.07, 6.45) is -0.592. The van der Waals surface area contributed by atoms with Crippen molar-refractivity contribution in [3.05, 3.63) is 58.1 Å². The molecule has 124 valence electrons. The summed E-state index contributed by atoms with van der Waals surface area (Å²) in [5.41, 5.74) is 1.45. The third-order valence-corrected chi connectivity index (χ3v) is 4.17. The Hall–Kier alpha value is -2.53. The molecule has 24 heavy (non-hydrogen) atoms. The molecule has 0 radical (unpaired) electrons. The molecule has 0 amide bonds. The van der Waals surface area contributed by atoms with E-state index >= 15 is 0 Å². The van der Waals surface area contributed by atoms with E-state index in [1.54, 1.807) is 36.4 Å². The lowest BCUT2D eigenvalue weighted by Gasteiger charge is -2.12. The van der Waals surface area contributed by atoms with Crippen LogP contribution in [0.5, 0.6) is 11.5 Å². The molecule has 0 spiro atoms. The van der Waals surface area contributed by atoms with Crippen molar-refractivity contribution in [1.82, 2.24) is 0 Å². The van der Waals surface area contributed by atoms with Crippen LogP contribution in [0.2, 0.25) is 5.02 Å². The van der Waals surface area contributed by atoms with Crippen molar-refractivity contribution in [3.63, 3.8) is 0 Å². The van der Waals surface area contributed by atoms with Gasteiger partial charge in [0.05, 0.1) is 20.6 Å². The predicted octanol–water partition coefficient (Wildman–Crippen LogP) is 3.84. The van der Waals surface area contributed by atoms with Crippen LogP contribution in [0.15, 0.2) is 36.4 Å². The van der Waals surface area contributed by atoms with Crippen LogP contribution >= 0.6 is 11.6 Å². The molecular formula is C18H15ClO5. The third kappa shape index (κ3) is 2.83. The number of carbonyl (C=O) groups is 2. The number of methoxy groups -OCH3 is 2. The number of fused-ring (bicyclic) bond motifs is 1. The number of ketones is 1. The molecule has 5 nitrogen and oxygen atoms in total. The number of rotatable bonds is 5. The topological polar surface area (TPSA) is 61.8 Å². The molecule has 6 heteroatoms. The lowest BCUT2D eigenvalue weighted by Crippen LogP contribution is -2.07. The van der Waals surface area contributed by atoms with Crippen LogP contribution in [0, 0.1) is 0 Å². The fraction of sp³-hybridized carbons (Fsp3) is 0.222. The second-order valence-corrected chi connectivity index (χ2v) is 5.73. The van der Waals surface area contributed by atoms with E-state index < -0.39 is 12.1 Å². The van der Waals surface area contributed by atoms with E-state index in [-0.39, 0.29) is 12.2 Å². The molecule has 0 aliphatic carbocycles. The highest BCUT2D eigenvalue weighted by Gasteiger charge is 2.36. The zero-order valence-electron chi connectivity index (χ0n) is 13.2. The molecule has 1 aliphatic rings. The van der Waals surface area contributed by atoms with Gasteiger partial charge in [-0.25, -0.2) is 4.79 Å².